The molecule has 1 aliphatic carbocycles. The number of carbonyl (C=O) groups is 1. The number of rotatable bonds is 7. The molecule has 110 valence electrons. The van der Waals surface area contributed by atoms with Gasteiger partial charge < -0.3 is 16.0 Å². The Labute approximate surface area is 119 Å². The van der Waals surface area contributed by atoms with Gasteiger partial charge in [-0.2, -0.15) is 0 Å². The summed E-state index contributed by atoms with van der Waals surface area (Å²) in [5.74, 6) is 2.48. The maximum absolute atomic E-state index is 11.6. The highest BCUT2D eigenvalue weighted by molar-refractivity contribution is 5.77. The van der Waals surface area contributed by atoms with Gasteiger partial charge in [0, 0.05) is 31.1 Å². The molecule has 1 aromatic heterocycles. The van der Waals surface area contributed by atoms with Crippen molar-refractivity contribution in [2.75, 3.05) is 23.7 Å². The van der Waals surface area contributed by atoms with E-state index in [2.05, 4.69) is 25.9 Å². The summed E-state index contributed by atoms with van der Waals surface area (Å²) >= 11 is 0. The molecule has 0 unspecified atom stereocenters. The lowest BCUT2D eigenvalue weighted by atomic mass is 10.3. The number of aromatic nitrogens is 2. The monoisotopic (exact) mass is 277 g/mol. The third-order valence-corrected chi connectivity index (χ3v) is 3.19. The average Bonchev–Trinajstić information content (AvgIpc) is 3.19. The van der Waals surface area contributed by atoms with Gasteiger partial charge in [0.05, 0.1) is 0 Å². The summed E-state index contributed by atoms with van der Waals surface area (Å²) in [4.78, 5) is 20.4. The predicted octanol–water partition coefficient (Wildman–Crippen LogP) is 1.61. The van der Waals surface area contributed by atoms with Crippen LogP contribution in [0.25, 0.3) is 0 Å². The number of amides is 1. The summed E-state index contributed by atoms with van der Waals surface area (Å²) in [6, 6.07) is 0.422. The van der Waals surface area contributed by atoms with Gasteiger partial charge in [0.1, 0.15) is 17.5 Å². The van der Waals surface area contributed by atoms with E-state index in [1.807, 2.05) is 20.8 Å². The average molecular weight is 277 g/mol. The summed E-state index contributed by atoms with van der Waals surface area (Å²) in [5, 5.41) is 9.42. The Balaban J connectivity index is 1.89. The third-order valence-electron chi connectivity index (χ3n) is 3.19. The molecule has 3 N–H and O–H groups in total. The fourth-order valence-corrected chi connectivity index (χ4v) is 1.96. The summed E-state index contributed by atoms with van der Waals surface area (Å²) in [7, 11) is 0. The molecule has 20 heavy (non-hydrogen) atoms. The molecule has 0 bridgehead atoms. The minimum Gasteiger partial charge on any atom is -0.370 e. The Morgan fingerprint density at radius 2 is 1.85 bits per heavy atom. The van der Waals surface area contributed by atoms with Crippen LogP contribution >= 0.6 is 0 Å². The zero-order valence-corrected chi connectivity index (χ0v) is 12.4. The highest BCUT2D eigenvalue weighted by Gasteiger charge is 2.22. The molecule has 6 nitrogen and oxygen atoms in total. The maximum atomic E-state index is 11.6. The van der Waals surface area contributed by atoms with Crippen LogP contribution < -0.4 is 16.0 Å². The van der Waals surface area contributed by atoms with Crippen molar-refractivity contribution in [1.82, 2.24) is 15.3 Å². The van der Waals surface area contributed by atoms with Gasteiger partial charge in [0.15, 0.2) is 0 Å². The second-order valence-electron chi connectivity index (χ2n) is 5.14. The highest BCUT2D eigenvalue weighted by atomic mass is 16.1. The molecule has 1 amide bonds. The SMILES string of the molecule is CCNc1nc(C)nc(NCCC(=O)NC2CC2)c1C. The van der Waals surface area contributed by atoms with Crippen molar-refractivity contribution in [2.24, 2.45) is 0 Å². The second kappa shape index (κ2) is 6.54. The van der Waals surface area contributed by atoms with Gasteiger partial charge in [-0.25, -0.2) is 9.97 Å². The molecule has 6 heteroatoms. The molecule has 0 radical (unpaired) electrons. The molecule has 0 aromatic carbocycles. The van der Waals surface area contributed by atoms with E-state index >= 15 is 0 Å². The fourth-order valence-electron chi connectivity index (χ4n) is 1.96. The number of hydrogen-bond donors (Lipinski definition) is 3. The van der Waals surface area contributed by atoms with Crippen LogP contribution in [0.5, 0.6) is 0 Å². The molecule has 0 aliphatic heterocycles. The number of anilines is 2. The van der Waals surface area contributed by atoms with E-state index < -0.39 is 0 Å². The van der Waals surface area contributed by atoms with E-state index in [0.29, 0.717) is 19.0 Å². The largest absolute Gasteiger partial charge is 0.370 e. The van der Waals surface area contributed by atoms with Crippen LogP contribution in [0, 0.1) is 13.8 Å². The lowest BCUT2D eigenvalue weighted by Gasteiger charge is -2.13. The zero-order chi connectivity index (χ0) is 14.5. The van der Waals surface area contributed by atoms with Crippen LogP contribution in [0.1, 0.15) is 37.6 Å². The minimum absolute atomic E-state index is 0.107. The molecular weight excluding hydrogens is 254 g/mol. The minimum atomic E-state index is 0.107. The normalized spacial score (nSPS) is 13.9. The van der Waals surface area contributed by atoms with Crippen molar-refractivity contribution in [3.05, 3.63) is 11.4 Å². The Morgan fingerprint density at radius 3 is 2.45 bits per heavy atom. The zero-order valence-electron chi connectivity index (χ0n) is 12.4. The second-order valence-corrected chi connectivity index (χ2v) is 5.14. The van der Waals surface area contributed by atoms with E-state index in [-0.39, 0.29) is 5.91 Å². The molecule has 1 aromatic rings. The van der Waals surface area contributed by atoms with E-state index in [9.17, 15) is 4.79 Å². The van der Waals surface area contributed by atoms with Crippen LogP contribution in [-0.2, 0) is 4.79 Å². The van der Waals surface area contributed by atoms with Crippen LogP contribution in [-0.4, -0.2) is 35.0 Å². The predicted molar refractivity (Wildman–Crippen MR) is 79.9 cm³/mol. The smallest absolute Gasteiger partial charge is 0.221 e. The molecule has 0 spiro atoms. The molecule has 1 saturated carbocycles. The van der Waals surface area contributed by atoms with Gasteiger partial charge in [-0.15, -0.1) is 0 Å². The van der Waals surface area contributed by atoms with Gasteiger partial charge in [-0.3, -0.25) is 4.79 Å². The quantitative estimate of drug-likeness (QED) is 0.705. The van der Waals surface area contributed by atoms with Crippen LogP contribution in [0.3, 0.4) is 0 Å². The first kappa shape index (κ1) is 14.6. The molecular formula is C14H23N5O. The summed E-state index contributed by atoms with van der Waals surface area (Å²) in [6.07, 6.45) is 2.71. The van der Waals surface area contributed by atoms with Crippen LogP contribution in [0.15, 0.2) is 0 Å². The lowest BCUT2D eigenvalue weighted by molar-refractivity contribution is -0.120. The van der Waals surface area contributed by atoms with Crippen molar-refractivity contribution in [1.29, 1.82) is 0 Å². The Bertz CT molecular complexity index is 485. The van der Waals surface area contributed by atoms with Crippen molar-refractivity contribution in [3.8, 4) is 0 Å². The van der Waals surface area contributed by atoms with Crippen molar-refractivity contribution in [2.45, 2.75) is 46.1 Å². The summed E-state index contributed by atoms with van der Waals surface area (Å²) in [5.41, 5.74) is 0.986. The number of nitrogens with zero attached hydrogens (tertiary/aromatic N) is 2. The van der Waals surface area contributed by atoms with Gasteiger partial charge in [-0.1, -0.05) is 0 Å². The van der Waals surface area contributed by atoms with E-state index in [0.717, 1.165) is 42.4 Å². The van der Waals surface area contributed by atoms with E-state index in [1.165, 1.54) is 0 Å². The first-order chi connectivity index (χ1) is 9.60. The lowest BCUT2D eigenvalue weighted by Crippen LogP contribution is -2.27. The van der Waals surface area contributed by atoms with Crippen LogP contribution in [0.2, 0.25) is 0 Å². The van der Waals surface area contributed by atoms with Crippen molar-refractivity contribution >= 4 is 17.5 Å². The first-order valence-electron chi connectivity index (χ1n) is 7.22. The first-order valence-corrected chi connectivity index (χ1v) is 7.22. The molecule has 2 rings (SSSR count). The molecule has 1 heterocycles. The third kappa shape index (κ3) is 4.08. The Morgan fingerprint density at radius 1 is 1.20 bits per heavy atom. The van der Waals surface area contributed by atoms with E-state index in [1.54, 1.807) is 0 Å². The highest BCUT2D eigenvalue weighted by Crippen LogP contribution is 2.20. The Kier molecular flexibility index (Phi) is 4.76. The molecule has 1 aliphatic rings. The summed E-state index contributed by atoms with van der Waals surface area (Å²) < 4.78 is 0. The summed E-state index contributed by atoms with van der Waals surface area (Å²) in [6.45, 7) is 7.28. The number of aryl methyl sites for hydroxylation is 1. The number of carbonyl (C=O) groups excluding carboxylic acids is 1. The molecule has 0 saturated heterocycles. The van der Waals surface area contributed by atoms with Gasteiger partial charge >= 0.3 is 0 Å². The maximum Gasteiger partial charge on any atom is 0.221 e. The van der Waals surface area contributed by atoms with Crippen molar-refractivity contribution in [3.63, 3.8) is 0 Å². The van der Waals surface area contributed by atoms with Gasteiger partial charge in [0.25, 0.3) is 0 Å². The fraction of sp³-hybridized carbons (Fsp3) is 0.643. The van der Waals surface area contributed by atoms with E-state index in [4.69, 9.17) is 0 Å². The standard InChI is InChI=1S/C14H23N5O/c1-4-15-13-9(2)14(18-10(3)17-13)16-8-7-12(20)19-11-5-6-11/h11H,4-8H2,1-3H3,(H,19,20)(H2,15,16,17,18). The van der Waals surface area contributed by atoms with Crippen LogP contribution in [0.4, 0.5) is 11.6 Å². The number of nitrogens with one attached hydrogen (secondary N) is 3. The molecule has 0 atom stereocenters. The molecule has 1 fully saturated rings. The topological polar surface area (TPSA) is 78.9 Å². The van der Waals surface area contributed by atoms with Gasteiger partial charge in [0.2, 0.25) is 5.91 Å². The van der Waals surface area contributed by atoms with Crippen molar-refractivity contribution < 1.29 is 4.79 Å². The Hall–Kier alpha value is -1.85. The van der Waals surface area contributed by atoms with Gasteiger partial charge in [-0.05, 0) is 33.6 Å². The number of hydrogen-bond acceptors (Lipinski definition) is 5.